The Bertz CT molecular complexity index is 407. The summed E-state index contributed by atoms with van der Waals surface area (Å²) in [6.07, 6.45) is -0.519. The van der Waals surface area contributed by atoms with Crippen molar-refractivity contribution in [2.75, 3.05) is 21.2 Å². The van der Waals surface area contributed by atoms with Gasteiger partial charge in [-0.1, -0.05) is 0 Å². The van der Waals surface area contributed by atoms with E-state index in [1.807, 2.05) is 0 Å². The molecule has 1 amide bonds. The van der Waals surface area contributed by atoms with Gasteiger partial charge in [0.25, 0.3) is 5.91 Å². The molecule has 1 atom stereocenters. The van der Waals surface area contributed by atoms with Crippen LogP contribution in [0.2, 0.25) is 0 Å². The second-order valence-electron chi connectivity index (χ2n) is 3.79. The van der Waals surface area contributed by atoms with E-state index in [9.17, 15) is 4.79 Å². The largest absolute Gasteiger partial charge is 0.497 e. The molecule has 1 aromatic carbocycles. The van der Waals surface area contributed by atoms with Gasteiger partial charge in [0, 0.05) is 14.1 Å². The number of amides is 1. The molecule has 0 spiro atoms. The summed E-state index contributed by atoms with van der Waals surface area (Å²) in [4.78, 5) is 13.1. The number of nitrogens with zero attached hydrogens (tertiary/aromatic N) is 1. The first-order valence-electron chi connectivity index (χ1n) is 5.17. The normalized spacial score (nSPS) is 11.8. The summed E-state index contributed by atoms with van der Waals surface area (Å²) in [5, 5.41) is 0. The summed E-state index contributed by atoms with van der Waals surface area (Å²) in [5.74, 6) is 1.28. The van der Waals surface area contributed by atoms with Crippen LogP contribution < -0.4 is 9.47 Å². The predicted molar refractivity (Wildman–Crippen MR) is 69.5 cm³/mol. The van der Waals surface area contributed by atoms with E-state index in [2.05, 4.69) is 15.9 Å². The average Bonchev–Trinajstić information content (AvgIpc) is 2.30. The Balaban J connectivity index is 2.78. The molecule has 1 unspecified atom stereocenters. The van der Waals surface area contributed by atoms with Crippen molar-refractivity contribution in [3.05, 3.63) is 22.7 Å². The van der Waals surface area contributed by atoms with Crippen molar-refractivity contribution in [1.82, 2.24) is 4.90 Å². The molecule has 0 bridgehead atoms. The number of likely N-dealkylation sites (N-methyl/N-ethyl adjacent to an activating group) is 1. The second kappa shape index (κ2) is 5.91. The Morgan fingerprint density at radius 1 is 1.41 bits per heavy atom. The predicted octanol–water partition coefficient (Wildman–Crippen LogP) is 2.31. The lowest BCUT2D eigenvalue weighted by atomic mass is 10.3. The van der Waals surface area contributed by atoms with Crippen LogP contribution in [0.25, 0.3) is 0 Å². The molecule has 0 radical (unpaired) electrons. The molecule has 0 aliphatic rings. The Hall–Kier alpha value is -1.23. The Morgan fingerprint density at radius 3 is 2.53 bits per heavy atom. The van der Waals surface area contributed by atoms with E-state index >= 15 is 0 Å². The SMILES string of the molecule is COc1ccc(OC(C)C(=O)N(C)C)c(Br)c1. The highest BCUT2D eigenvalue weighted by Gasteiger charge is 2.17. The molecule has 0 aliphatic carbocycles. The third-order valence-electron chi connectivity index (χ3n) is 2.23. The van der Waals surface area contributed by atoms with E-state index in [4.69, 9.17) is 9.47 Å². The van der Waals surface area contributed by atoms with Crippen LogP contribution in [-0.2, 0) is 4.79 Å². The molecule has 0 saturated carbocycles. The number of benzene rings is 1. The Labute approximate surface area is 110 Å². The van der Waals surface area contributed by atoms with E-state index in [0.717, 1.165) is 10.2 Å². The molecular formula is C12H16BrNO3. The quantitative estimate of drug-likeness (QED) is 0.857. The number of methoxy groups -OCH3 is 1. The topological polar surface area (TPSA) is 38.8 Å². The fourth-order valence-electron chi connectivity index (χ4n) is 1.31. The van der Waals surface area contributed by atoms with Crippen LogP contribution in [0.1, 0.15) is 6.92 Å². The van der Waals surface area contributed by atoms with Gasteiger partial charge in [-0.15, -0.1) is 0 Å². The van der Waals surface area contributed by atoms with Gasteiger partial charge >= 0.3 is 0 Å². The van der Waals surface area contributed by atoms with Crippen LogP contribution in [0.4, 0.5) is 0 Å². The van der Waals surface area contributed by atoms with E-state index in [0.29, 0.717) is 5.75 Å². The average molecular weight is 302 g/mol. The molecule has 1 aromatic rings. The van der Waals surface area contributed by atoms with E-state index < -0.39 is 6.10 Å². The number of carbonyl (C=O) groups excluding carboxylic acids is 1. The summed E-state index contributed by atoms with van der Waals surface area (Å²) < 4.78 is 11.4. The zero-order valence-corrected chi connectivity index (χ0v) is 11.9. The molecule has 5 heteroatoms. The van der Waals surface area contributed by atoms with Crippen LogP contribution in [0.5, 0.6) is 11.5 Å². The standard InChI is InChI=1S/C12H16BrNO3/c1-8(12(15)14(2)3)17-11-6-5-9(16-4)7-10(11)13/h5-8H,1-4H3. The Kier molecular flexibility index (Phi) is 4.81. The molecule has 94 valence electrons. The third-order valence-corrected chi connectivity index (χ3v) is 2.85. The third kappa shape index (κ3) is 3.63. The fraction of sp³-hybridized carbons (Fsp3) is 0.417. The molecular weight excluding hydrogens is 286 g/mol. The van der Waals surface area contributed by atoms with Crippen LogP contribution in [-0.4, -0.2) is 38.1 Å². The number of hydrogen-bond acceptors (Lipinski definition) is 3. The number of ether oxygens (including phenoxy) is 2. The molecule has 0 N–H and O–H groups in total. The van der Waals surface area contributed by atoms with Crippen molar-refractivity contribution in [2.24, 2.45) is 0 Å². The summed E-state index contributed by atoms with van der Waals surface area (Å²) in [6, 6.07) is 5.34. The van der Waals surface area contributed by atoms with Gasteiger partial charge in [-0.3, -0.25) is 4.79 Å². The summed E-state index contributed by atoms with van der Waals surface area (Å²) in [6.45, 7) is 1.72. The molecule has 4 nitrogen and oxygen atoms in total. The highest BCUT2D eigenvalue weighted by atomic mass is 79.9. The van der Waals surface area contributed by atoms with Gasteiger partial charge in [0.2, 0.25) is 0 Å². The highest BCUT2D eigenvalue weighted by molar-refractivity contribution is 9.10. The maximum absolute atomic E-state index is 11.6. The van der Waals surface area contributed by atoms with Crippen LogP contribution in [0.15, 0.2) is 22.7 Å². The van der Waals surface area contributed by atoms with Crippen LogP contribution in [0, 0.1) is 0 Å². The molecule has 0 aromatic heterocycles. The lowest BCUT2D eigenvalue weighted by Crippen LogP contribution is -2.35. The minimum atomic E-state index is -0.519. The number of halogens is 1. The molecule has 0 saturated heterocycles. The van der Waals surface area contributed by atoms with Gasteiger partial charge in [0.1, 0.15) is 11.5 Å². The maximum Gasteiger partial charge on any atom is 0.262 e. The number of carbonyl (C=O) groups is 1. The second-order valence-corrected chi connectivity index (χ2v) is 4.64. The van der Waals surface area contributed by atoms with Gasteiger partial charge in [-0.05, 0) is 41.1 Å². The first kappa shape index (κ1) is 13.8. The van der Waals surface area contributed by atoms with Gasteiger partial charge < -0.3 is 14.4 Å². The maximum atomic E-state index is 11.6. The number of hydrogen-bond donors (Lipinski definition) is 0. The van der Waals surface area contributed by atoms with Gasteiger partial charge in [-0.2, -0.15) is 0 Å². The zero-order valence-electron chi connectivity index (χ0n) is 10.4. The van der Waals surface area contributed by atoms with Crippen molar-refractivity contribution in [3.8, 4) is 11.5 Å². The van der Waals surface area contributed by atoms with Crippen LogP contribution in [0.3, 0.4) is 0 Å². The number of rotatable bonds is 4. The molecule has 17 heavy (non-hydrogen) atoms. The molecule has 0 aliphatic heterocycles. The van der Waals surface area contributed by atoms with E-state index in [1.165, 1.54) is 4.90 Å². The fourth-order valence-corrected chi connectivity index (χ4v) is 1.76. The molecule has 0 heterocycles. The lowest BCUT2D eigenvalue weighted by molar-refractivity contribution is -0.135. The van der Waals surface area contributed by atoms with Crippen molar-refractivity contribution in [3.63, 3.8) is 0 Å². The van der Waals surface area contributed by atoms with E-state index in [1.54, 1.807) is 46.3 Å². The van der Waals surface area contributed by atoms with Crippen molar-refractivity contribution < 1.29 is 14.3 Å². The first-order valence-corrected chi connectivity index (χ1v) is 5.96. The minimum absolute atomic E-state index is 0.0762. The van der Waals surface area contributed by atoms with Gasteiger partial charge in [0.15, 0.2) is 6.10 Å². The molecule has 0 fully saturated rings. The van der Waals surface area contributed by atoms with Crippen molar-refractivity contribution in [1.29, 1.82) is 0 Å². The van der Waals surface area contributed by atoms with E-state index in [-0.39, 0.29) is 5.91 Å². The first-order chi connectivity index (χ1) is 7.95. The molecule has 1 rings (SSSR count). The highest BCUT2D eigenvalue weighted by Crippen LogP contribution is 2.29. The van der Waals surface area contributed by atoms with Gasteiger partial charge in [0.05, 0.1) is 11.6 Å². The van der Waals surface area contributed by atoms with Gasteiger partial charge in [-0.25, -0.2) is 0 Å². The Morgan fingerprint density at radius 2 is 2.06 bits per heavy atom. The zero-order chi connectivity index (χ0) is 13.0. The summed E-state index contributed by atoms with van der Waals surface area (Å²) in [7, 11) is 5.00. The smallest absolute Gasteiger partial charge is 0.262 e. The minimum Gasteiger partial charge on any atom is -0.497 e. The summed E-state index contributed by atoms with van der Waals surface area (Å²) in [5.41, 5.74) is 0. The summed E-state index contributed by atoms with van der Waals surface area (Å²) >= 11 is 3.37. The monoisotopic (exact) mass is 301 g/mol. The van der Waals surface area contributed by atoms with Crippen LogP contribution >= 0.6 is 15.9 Å². The van der Waals surface area contributed by atoms with Crippen molar-refractivity contribution >= 4 is 21.8 Å². The van der Waals surface area contributed by atoms with Crippen molar-refractivity contribution in [2.45, 2.75) is 13.0 Å². The lowest BCUT2D eigenvalue weighted by Gasteiger charge is -2.19.